The predicted molar refractivity (Wildman–Crippen MR) is 133 cm³/mol. The summed E-state index contributed by atoms with van der Waals surface area (Å²) >= 11 is 5.99. The summed E-state index contributed by atoms with van der Waals surface area (Å²) in [5.41, 5.74) is 1.95. The molecule has 178 valence electrons. The SMILES string of the molecule is COc1ccc(CCNC(=O)C(C)N(Cc2ccc(Cl)cc2)C(=O)COc2ccccc2)cc1. The molecular formula is C27H29ClN2O4. The summed E-state index contributed by atoms with van der Waals surface area (Å²) in [4.78, 5) is 27.5. The van der Waals surface area contributed by atoms with E-state index in [1.807, 2.05) is 54.6 Å². The summed E-state index contributed by atoms with van der Waals surface area (Å²) in [5, 5.41) is 3.55. The van der Waals surface area contributed by atoms with E-state index in [4.69, 9.17) is 21.1 Å². The predicted octanol–water partition coefficient (Wildman–Crippen LogP) is 4.50. The van der Waals surface area contributed by atoms with Crippen molar-refractivity contribution in [3.63, 3.8) is 0 Å². The molecule has 0 saturated heterocycles. The number of para-hydroxylation sites is 1. The monoisotopic (exact) mass is 480 g/mol. The minimum Gasteiger partial charge on any atom is -0.497 e. The third-order valence-corrected chi connectivity index (χ3v) is 5.66. The van der Waals surface area contributed by atoms with E-state index in [1.54, 1.807) is 38.3 Å². The standard InChI is InChI=1S/C27H29ClN2O4/c1-20(27(32)29-17-16-21-10-14-24(33-2)15-11-21)30(18-22-8-12-23(28)13-9-22)26(31)19-34-25-6-4-3-5-7-25/h3-15,20H,16-19H2,1-2H3,(H,29,32). The molecule has 34 heavy (non-hydrogen) atoms. The molecule has 0 aliphatic rings. The maximum Gasteiger partial charge on any atom is 0.261 e. The molecule has 3 rings (SSSR count). The second-order valence-corrected chi connectivity index (χ2v) is 8.25. The van der Waals surface area contributed by atoms with Crippen LogP contribution in [0.3, 0.4) is 0 Å². The van der Waals surface area contributed by atoms with Crippen LogP contribution < -0.4 is 14.8 Å². The molecule has 0 aliphatic carbocycles. The first-order valence-electron chi connectivity index (χ1n) is 11.1. The smallest absolute Gasteiger partial charge is 0.261 e. The fraction of sp³-hybridized carbons (Fsp3) is 0.259. The maximum atomic E-state index is 13.1. The van der Waals surface area contributed by atoms with Crippen LogP contribution in [0.2, 0.25) is 5.02 Å². The van der Waals surface area contributed by atoms with Crippen LogP contribution in [0.5, 0.6) is 11.5 Å². The second kappa shape index (κ2) is 12.7. The number of amides is 2. The lowest BCUT2D eigenvalue weighted by Gasteiger charge is -2.28. The van der Waals surface area contributed by atoms with Gasteiger partial charge in [0.2, 0.25) is 5.91 Å². The van der Waals surface area contributed by atoms with Gasteiger partial charge in [0, 0.05) is 18.1 Å². The van der Waals surface area contributed by atoms with Crippen molar-refractivity contribution in [3.05, 3.63) is 95.0 Å². The van der Waals surface area contributed by atoms with E-state index >= 15 is 0 Å². The van der Waals surface area contributed by atoms with Gasteiger partial charge in [0.1, 0.15) is 17.5 Å². The van der Waals surface area contributed by atoms with Gasteiger partial charge in [-0.05, 0) is 60.9 Å². The number of halogens is 1. The number of methoxy groups -OCH3 is 1. The zero-order valence-corrected chi connectivity index (χ0v) is 20.1. The topological polar surface area (TPSA) is 67.9 Å². The number of nitrogens with zero attached hydrogens (tertiary/aromatic N) is 1. The van der Waals surface area contributed by atoms with Gasteiger partial charge < -0.3 is 19.7 Å². The molecule has 0 aromatic heterocycles. The zero-order chi connectivity index (χ0) is 24.3. The van der Waals surface area contributed by atoms with Gasteiger partial charge in [-0.1, -0.05) is 54.1 Å². The highest BCUT2D eigenvalue weighted by Crippen LogP contribution is 2.15. The third kappa shape index (κ3) is 7.52. The lowest BCUT2D eigenvalue weighted by Crippen LogP contribution is -2.49. The van der Waals surface area contributed by atoms with E-state index in [9.17, 15) is 9.59 Å². The molecule has 0 saturated carbocycles. The first-order valence-corrected chi connectivity index (χ1v) is 11.5. The largest absolute Gasteiger partial charge is 0.497 e. The van der Waals surface area contributed by atoms with Gasteiger partial charge in [0.05, 0.1) is 7.11 Å². The quantitative estimate of drug-likeness (QED) is 0.438. The molecule has 1 N–H and O–H groups in total. The third-order valence-electron chi connectivity index (χ3n) is 5.41. The number of nitrogens with one attached hydrogen (secondary N) is 1. The van der Waals surface area contributed by atoms with Crippen LogP contribution in [0.25, 0.3) is 0 Å². The van der Waals surface area contributed by atoms with Crippen molar-refractivity contribution in [2.24, 2.45) is 0 Å². The van der Waals surface area contributed by atoms with E-state index in [-0.39, 0.29) is 25.0 Å². The van der Waals surface area contributed by atoms with E-state index in [0.29, 0.717) is 23.7 Å². The maximum absolute atomic E-state index is 13.1. The summed E-state index contributed by atoms with van der Waals surface area (Å²) in [6.07, 6.45) is 0.671. The number of carbonyl (C=O) groups excluding carboxylic acids is 2. The molecule has 1 atom stereocenters. The van der Waals surface area contributed by atoms with Crippen molar-refractivity contribution in [3.8, 4) is 11.5 Å². The highest BCUT2D eigenvalue weighted by molar-refractivity contribution is 6.30. The number of rotatable bonds is 11. The van der Waals surface area contributed by atoms with Crippen molar-refractivity contribution in [1.29, 1.82) is 0 Å². The van der Waals surface area contributed by atoms with Crippen molar-refractivity contribution in [2.75, 3.05) is 20.3 Å². The summed E-state index contributed by atoms with van der Waals surface area (Å²) < 4.78 is 10.8. The first kappa shape index (κ1) is 25.1. The molecule has 0 fully saturated rings. The Bertz CT molecular complexity index is 1060. The number of hydrogen-bond donors (Lipinski definition) is 1. The second-order valence-electron chi connectivity index (χ2n) is 7.81. The molecule has 3 aromatic rings. The van der Waals surface area contributed by atoms with Crippen LogP contribution in [0.1, 0.15) is 18.1 Å². The summed E-state index contributed by atoms with van der Waals surface area (Å²) in [7, 11) is 1.62. The molecule has 2 amide bonds. The van der Waals surface area contributed by atoms with Crippen LogP contribution in [0, 0.1) is 0 Å². The number of ether oxygens (including phenoxy) is 2. The normalized spacial score (nSPS) is 11.4. The fourth-order valence-electron chi connectivity index (χ4n) is 3.38. The van der Waals surface area contributed by atoms with E-state index < -0.39 is 6.04 Å². The van der Waals surface area contributed by atoms with Crippen LogP contribution >= 0.6 is 11.6 Å². The van der Waals surface area contributed by atoms with Gasteiger partial charge in [0.25, 0.3) is 5.91 Å². The molecule has 3 aromatic carbocycles. The van der Waals surface area contributed by atoms with Crippen LogP contribution in [0.4, 0.5) is 0 Å². The highest BCUT2D eigenvalue weighted by atomic mass is 35.5. The highest BCUT2D eigenvalue weighted by Gasteiger charge is 2.26. The van der Waals surface area contributed by atoms with Crippen molar-refractivity contribution < 1.29 is 19.1 Å². The summed E-state index contributed by atoms with van der Waals surface area (Å²) in [6.45, 7) is 2.28. The Hall–Kier alpha value is -3.51. The molecule has 0 spiro atoms. The first-order chi connectivity index (χ1) is 16.5. The molecule has 0 heterocycles. The summed E-state index contributed by atoms with van der Waals surface area (Å²) in [6, 6.07) is 23.4. The Morgan fingerprint density at radius 2 is 1.56 bits per heavy atom. The molecular weight excluding hydrogens is 452 g/mol. The lowest BCUT2D eigenvalue weighted by atomic mass is 10.1. The molecule has 1 unspecified atom stereocenters. The Balaban J connectivity index is 1.62. The Morgan fingerprint density at radius 1 is 0.912 bits per heavy atom. The van der Waals surface area contributed by atoms with Crippen LogP contribution in [0.15, 0.2) is 78.9 Å². The fourth-order valence-corrected chi connectivity index (χ4v) is 3.51. The number of hydrogen-bond acceptors (Lipinski definition) is 4. The van der Waals surface area contributed by atoms with E-state index in [2.05, 4.69) is 5.32 Å². The average molecular weight is 481 g/mol. The van der Waals surface area contributed by atoms with Gasteiger partial charge >= 0.3 is 0 Å². The molecule has 6 nitrogen and oxygen atoms in total. The molecule has 0 radical (unpaired) electrons. The number of carbonyl (C=O) groups is 2. The minimum atomic E-state index is -0.682. The Kier molecular flexibility index (Phi) is 9.35. The van der Waals surface area contributed by atoms with Gasteiger partial charge in [-0.2, -0.15) is 0 Å². The van der Waals surface area contributed by atoms with E-state index in [1.165, 1.54) is 4.90 Å². The van der Waals surface area contributed by atoms with Gasteiger partial charge in [-0.3, -0.25) is 9.59 Å². The summed E-state index contributed by atoms with van der Waals surface area (Å²) in [5.74, 6) is 0.876. The Morgan fingerprint density at radius 3 is 2.21 bits per heavy atom. The van der Waals surface area contributed by atoms with Crippen LogP contribution in [-0.2, 0) is 22.6 Å². The van der Waals surface area contributed by atoms with Crippen molar-refractivity contribution >= 4 is 23.4 Å². The Labute approximate surface area is 205 Å². The lowest BCUT2D eigenvalue weighted by molar-refractivity contribution is -0.142. The van der Waals surface area contributed by atoms with Crippen molar-refractivity contribution in [2.45, 2.75) is 25.9 Å². The van der Waals surface area contributed by atoms with Crippen molar-refractivity contribution in [1.82, 2.24) is 10.2 Å². The average Bonchev–Trinajstić information content (AvgIpc) is 2.87. The van der Waals surface area contributed by atoms with Gasteiger partial charge in [-0.15, -0.1) is 0 Å². The molecule has 0 bridgehead atoms. The molecule has 7 heteroatoms. The zero-order valence-electron chi connectivity index (χ0n) is 19.4. The van der Waals surface area contributed by atoms with Gasteiger partial charge in [-0.25, -0.2) is 0 Å². The van der Waals surface area contributed by atoms with Gasteiger partial charge in [0.15, 0.2) is 6.61 Å². The molecule has 0 aliphatic heterocycles. The van der Waals surface area contributed by atoms with E-state index in [0.717, 1.165) is 16.9 Å². The van der Waals surface area contributed by atoms with Crippen LogP contribution in [-0.4, -0.2) is 43.0 Å². The minimum absolute atomic E-state index is 0.166. The number of benzene rings is 3.